The molecule has 0 amide bonds. The molecule has 0 bridgehead atoms. The molecule has 3 fully saturated rings. The van der Waals surface area contributed by atoms with Crippen LogP contribution in [0.25, 0.3) is 0 Å². The van der Waals surface area contributed by atoms with Crippen molar-refractivity contribution in [1.82, 2.24) is 0 Å². The highest BCUT2D eigenvalue weighted by Gasteiger charge is 2.58. The number of anilines is 1. The number of nitrogens with zero attached hydrogens (tertiary/aromatic N) is 3. The van der Waals surface area contributed by atoms with Crippen molar-refractivity contribution in [2.75, 3.05) is 5.43 Å². The van der Waals surface area contributed by atoms with Crippen LogP contribution in [0.2, 0.25) is 0 Å². The van der Waals surface area contributed by atoms with Crippen LogP contribution in [-0.4, -0.2) is 26.8 Å². The minimum absolute atomic E-state index is 0.0728. The topological polar surface area (TPSA) is 131 Å². The molecule has 4 aliphatic rings. The van der Waals surface area contributed by atoms with E-state index in [2.05, 4.69) is 30.5 Å². The molecule has 9 nitrogen and oxygen atoms in total. The molecule has 0 saturated heterocycles. The number of benzene rings is 1. The number of hydrogen-bond acceptors (Lipinski definition) is 7. The smallest absolute Gasteiger partial charge is 0.301 e. The van der Waals surface area contributed by atoms with Crippen molar-refractivity contribution in [3.05, 3.63) is 50.1 Å². The first kappa shape index (κ1) is 23.0. The lowest BCUT2D eigenvalue weighted by Gasteiger charge is -2.57. The predicted octanol–water partition coefficient (Wildman–Crippen LogP) is 5.59. The summed E-state index contributed by atoms with van der Waals surface area (Å²) in [6.07, 6.45) is 10.3. The maximum Gasteiger partial charge on any atom is 0.301 e. The average molecular weight is 469 g/mol. The van der Waals surface area contributed by atoms with Crippen LogP contribution < -0.4 is 5.43 Å². The summed E-state index contributed by atoms with van der Waals surface area (Å²) in [5.74, 6) is 1.90. The normalized spacial score (nSPS) is 37.9. The maximum absolute atomic E-state index is 11.4. The summed E-state index contributed by atoms with van der Waals surface area (Å²) in [5, 5.41) is 37.5. The number of aliphatic hydroxyl groups excluding tert-OH is 1. The van der Waals surface area contributed by atoms with Gasteiger partial charge in [-0.15, -0.1) is 0 Å². The summed E-state index contributed by atoms with van der Waals surface area (Å²) in [4.78, 5) is 21.1. The van der Waals surface area contributed by atoms with Crippen molar-refractivity contribution >= 4 is 22.8 Å². The SMILES string of the molecule is CC12CC/C(=N\Nc3ccc([N+](=O)[O-])cc3[N+](=O)[O-])C=C1CCC1C2CCC2(C)C(O)CCC12. The monoisotopic (exact) mass is 468 g/mol. The Kier molecular flexibility index (Phi) is 5.50. The molecule has 0 aromatic heterocycles. The van der Waals surface area contributed by atoms with E-state index in [-0.39, 0.29) is 34.0 Å². The van der Waals surface area contributed by atoms with E-state index in [1.165, 1.54) is 17.7 Å². The highest BCUT2D eigenvalue weighted by Crippen LogP contribution is 2.65. The fraction of sp³-hybridized carbons (Fsp3) is 0.640. The molecule has 5 rings (SSSR count). The van der Waals surface area contributed by atoms with Gasteiger partial charge in [0.1, 0.15) is 5.69 Å². The van der Waals surface area contributed by atoms with E-state index in [4.69, 9.17) is 0 Å². The minimum atomic E-state index is -0.647. The van der Waals surface area contributed by atoms with Crippen molar-refractivity contribution in [2.24, 2.45) is 33.7 Å². The number of nitro benzene ring substituents is 2. The molecule has 0 spiro atoms. The molecule has 0 aliphatic heterocycles. The number of non-ortho nitro benzene ring substituents is 1. The van der Waals surface area contributed by atoms with Crippen LogP contribution in [-0.2, 0) is 0 Å². The van der Waals surface area contributed by atoms with E-state index < -0.39 is 9.85 Å². The fourth-order valence-corrected chi connectivity index (χ4v) is 7.64. The largest absolute Gasteiger partial charge is 0.393 e. The number of hydrazone groups is 1. The first-order chi connectivity index (χ1) is 16.1. The number of aliphatic hydroxyl groups is 1. The molecule has 34 heavy (non-hydrogen) atoms. The second kappa shape index (κ2) is 8.15. The molecule has 4 aliphatic carbocycles. The lowest BCUT2D eigenvalue weighted by Crippen LogP contribution is -2.51. The van der Waals surface area contributed by atoms with Crippen molar-refractivity contribution < 1.29 is 15.0 Å². The molecule has 0 radical (unpaired) electrons. The maximum atomic E-state index is 11.4. The Morgan fingerprint density at radius 3 is 2.56 bits per heavy atom. The van der Waals surface area contributed by atoms with Gasteiger partial charge in [-0.25, -0.2) is 0 Å². The molecule has 0 heterocycles. The Balaban J connectivity index is 1.36. The lowest BCUT2D eigenvalue weighted by atomic mass is 9.47. The second-order valence-corrected chi connectivity index (χ2v) is 11.1. The fourth-order valence-electron chi connectivity index (χ4n) is 7.64. The van der Waals surface area contributed by atoms with E-state index in [1.54, 1.807) is 0 Å². The number of allylic oxidation sites excluding steroid dienone is 2. The Hall–Kier alpha value is -2.81. The van der Waals surface area contributed by atoms with Crippen LogP contribution in [0.4, 0.5) is 17.1 Å². The minimum Gasteiger partial charge on any atom is -0.393 e. The molecular weight excluding hydrogens is 436 g/mol. The molecule has 182 valence electrons. The summed E-state index contributed by atoms with van der Waals surface area (Å²) < 4.78 is 0. The third kappa shape index (κ3) is 3.52. The zero-order valence-corrected chi connectivity index (χ0v) is 19.7. The van der Waals surface area contributed by atoms with Gasteiger partial charge >= 0.3 is 5.69 Å². The van der Waals surface area contributed by atoms with E-state index in [0.29, 0.717) is 17.8 Å². The molecular formula is C25H32N4O5. The first-order valence-corrected chi connectivity index (χ1v) is 12.3. The van der Waals surface area contributed by atoms with Gasteiger partial charge in [0.15, 0.2) is 0 Å². The third-order valence-corrected chi connectivity index (χ3v) is 9.64. The summed E-state index contributed by atoms with van der Waals surface area (Å²) >= 11 is 0. The zero-order chi connectivity index (χ0) is 24.3. The average Bonchev–Trinajstić information content (AvgIpc) is 3.11. The van der Waals surface area contributed by atoms with Gasteiger partial charge in [-0.3, -0.25) is 25.7 Å². The van der Waals surface area contributed by atoms with Gasteiger partial charge in [0.05, 0.1) is 27.7 Å². The number of fused-ring (bicyclic) bond motifs is 5. The highest BCUT2D eigenvalue weighted by atomic mass is 16.6. The summed E-state index contributed by atoms with van der Waals surface area (Å²) in [6, 6.07) is 3.53. The Bertz CT molecular complexity index is 1100. The summed E-state index contributed by atoms with van der Waals surface area (Å²) in [7, 11) is 0. The van der Waals surface area contributed by atoms with Gasteiger partial charge in [-0.1, -0.05) is 19.4 Å². The molecule has 1 aromatic carbocycles. The number of nitro groups is 2. The van der Waals surface area contributed by atoms with Crippen molar-refractivity contribution in [1.29, 1.82) is 0 Å². The van der Waals surface area contributed by atoms with E-state index in [0.717, 1.165) is 63.1 Å². The van der Waals surface area contributed by atoms with Gasteiger partial charge in [-0.2, -0.15) is 5.10 Å². The Labute approximate surface area is 198 Å². The van der Waals surface area contributed by atoms with Crippen molar-refractivity contribution in [2.45, 2.75) is 71.3 Å². The second-order valence-electron chi connectivity index (χ2n) is 11.1. The molecule has 9 heteroatoms. The Morgan fingerprint density at radius 1 is 1.03 bits per heavy atom. The first-order valence-electron chi connectivity index (χ1n) is 12.3. The summed E-state index contributed by atoms with van der Waals surface area (Å²) in [6.45, 7) is 4.70. The third-order valence-electron chi connectivity index (χ3n) is 9.64. The van der Waals surface area contributed by atoms with Crippen molar-refractivity contribution in [3.63, 3.8) is 0 Å². The van der Waals surface area contributed by atoms with Crippen LogP contribution in [0, 0.1) is 48.8 Å². The highest BCUT2D eigenvalue weighted by molar-refractivity contribution is 5.97. The van der Waals surface area contributed by atoms with Crippen LogP contribution in [0.1, 0.15) is 65.2 Å². The van der Waals surface area contributed by atoms with Crippen LogP contribution in [0.3, 0.4) is 0 Å². The standard InChI is InChI=1S/C25H32N4O5/c1-24-11-9-16(26-27-21-7-4-17(28(31)32)14-22(21)29(33)34)13-15(24)3-5-18-19-6-8-23(30)25(19,2)12-10-20(18)24/h4,7,13-14,18-20,23,27,30H,3,5-6,8-12H2,1-2H3/b26-16+. The molecule has 2 N–H and O–H groups in total. The summed E-state index contributed by atoms with van der Waals surface area (Å²) in [5.41, 5.74) is 4.72. The van der Waals surface area contributed by atoms with Gasteiger partial charge in [0.25, 0.3) is 5.69 Å². The van der Waals surface area contributed by atoms with Gasteiger partial charge in [-0.05, 0) is 92.1 Å². The van der Waals surface area contributed by atoms with Gasteiger partial charge in [0.2, 0.25) is 0 Å². The molecule has 6 unspecified atom stereocenters. The molecule has 3 saturated carbocycles. The zero-order valence-electron chi connectivity index (χ0n) is 19.7. The van der Waals surface area contributed by atoms with Gasteiger partial charge in [0, 0.05) is 6.07 Å². The quantitative estimate of drug-likeness (QED) is 0.437. The molecule has 1 aromatic rings. The van der Waals surface area contributed by atoms with E-state index in [1.807, 2.05) is 0 Å². The van der Waals surface area contributed by atoms with Crippen LogP contribution in [0.15, 0.2) is 34.9 Å². The number of nitrogens with one attached hydrogen (secondary N) is 1. The Morgan fingerprint density at radius 2 is 1.82 bits per heavy atom. The lowest BCUT2D eigenvalue weighted by molar-refractivity contribution is -0.393. The van der Waals surface area contributed by atoms with Crippen LogP contribution >= 0.6 is 0 Å². The van der Waals surface area contributed by atoms with Crippen molar-refractivity contribution in [3.8, 4) is 0 Å². The van der Waals surface area contributed by atoms with Crippen LogP contribution in [0.5, 0.6) is 0 Å². The predicted molar refractivity (Wildman–Crippen MR) is 129 cm³/mol. The number of rotatable bonds is 4. The van der Waals surface area contributed by atoms with Gasteiger partial charge < -0.3 is 5.11 Å². The number of hydrogen-bond donors (Lipinski definition) is 2. The molecule has 6 atom stereocenters. The van der Waals surface area contributed by atoms with E-state index in [9.17, 15) is 25.3 Å². The van der Waals surface area contributed by atoms with E-state index >= 15 is 0 Å².